The third kappa shape index (κ3) is 2.49. The first-order valence-corrected chi connectivity index (χ1v) is 5.92. The van der Waals surface area contributed by atoms with E-state index < -0.39 is 5.97 Å². The first-order valence-electron chi connectivity index (χ1n) is 5.92. The van der Waals surface area contributed by atoms with Crippen molar-refractivity contribution in [3.63, 3.8) is 0 Å². The molecule has 1 aromatic heterocycles. The van der Waals surface area contributed by atoms with Crippen molar-refractivity contribution in [2.24, 2.45) is 18.9 Å². The second-order valence-corrected chi connectivity index (χ2v) is 5.02. The van der Waals surface area contributed by atoms with Crippen molar-refractivity contribution in [1.82, 2.24) is 14.7 Å². The van der Waals surface area contributed by atoms with Crippen LogP contribution in [0.2, 0.25) is 0 Å². The highest BCUT2D eigenvalue weighted by Crippen LogP contribution is 2.24. The summed E-state index contributed by atoms with van der Waals surface area (Å²) < 4.78 is 1.87. The SMILES string of the molecule is Cc1cc(CN2CC(C)C(C(=O)O)C2)n(C)n1. The Labute approximate surface area is 101 Å². The fourth-order valence-corrected chi connectivity index (χ4v) is 2.56. The van der Waals surface area contributed by atoms with Gasteiger partial charge in [0.1, 0.15) is 0 Å². The fraction of sp³-hybridized carbons (Fsp3) is 0.667. The zero-order chi connectivity index (χ0) is 12.6. The fourth-order valence-electron chi connectivity index (χ4n) is 2.56. The Morgan fingerprint density at radius 3 is 2.76 bits per heavy atom. The molecule has 0 radical (unpaired) electrons. The summed E-state index contributed by atoms with van der Waals surface area (Å²) in [5.41, 5.74) is 2.14. The van der Waals surface area contributed by atoms with E-state index in [1.807, 2.05) is 25.6 Å². The lowest BCUT2D eigenvalue weighted by molar-refractivity contribution is -0.142. The number of aryl methyl sites for hydroxylation is 2. The summed E-state index contributed by atoms with van der Waals surface area (Å²) in [6.07, 6.45) is 0. The van der Waals surface area contributed by atoms with Crippen LogP contribution in [-0.2, 0) is 18.4 Å². The molecular formula is C12H19N3O2. The van der Waals surface area contributed by atoms with E-state index in [2.05, 4.69) is 16.1 Å². The number of carboxylic acid groups (broad SMARTS) is 1. The highest BCUT2D eigenvalue weighted by atomic mass is 16.4. The van der Waals surface area contributed by atoms with E-state index in [9.17, 15) is 4.79 Å². The molecule has 0 saturated carbocycles. The number of likely N-dealkylation sites (tertiary alicyclic amines) is 1. The third-order valence-electron chi connectivity index (χ3n) is 3.49. The maximum absolute atomic E-state index is 11.0. The molecule has 94 valence electrons. The second-order valence-electron chi connectivity index (χ2n) is 5.02. The molecule has 5 nitrogen and oxygen atoms in total. The van der Waals surface area contributed by atoms with Gasteiger partial charge >= 0.3 is 5.97 Å². The summed E-state index contributed by atoms with van der Waals surface area (Å²) in [6, 6.07) is 2.05. The quantitative estimate of drug-likeness (QED) is 0.848. The average molecular weight is 237 g/mol. The van der Waals surface area contributed by atoms with Crippen molar-refractivity contribution < 1.29 is 9.90 Å². The topological polar surface area (TPSA) is 58.4 Å². The molecule has 2 unspecified atom stereocenters. The molecule has 0 aliphatic carbocycles. The van der Waals surface area contributed by atoms with Crippen LogP contribution in [0.1, 0.15) is 18.3 Å². The monoisotopic (exact) mass is 237 g/mol. The van der Waals surface area contributed by atoms with Crippen LogP contribution < -0.4 is 0 Å². The predicted octanol–water partition coefficient (Wildman–Crippen LogP) is 0.881. The average Bonchev–Trinajstić information content (AvgIpc) is 2.71. The van der Waals surface area contributed by atoms with Gasteiger partial charge in [0.25, 0.3) is 0 Å². The number of carboxylic acids is 1. The smallest absolute Gasteiger partial charge is 0.308 e. The van der Waals surface area contributed by atoms with Crippen molar-refractivity contribution >= 4 is 5.97 Å². The molecule has 0 aromatic carbocycles. The lowest BCUT2D eigenvalue weighted by atomic mass is 9.99. The van der Waals surface area contributed by atoms with Gasteiger partial charge < -0.3 is 5.11 Å². The molecule has 5 heteroatoms. The first kappa shape index (κ1) is 12.1. The van der Waals surface area contributed by atoms with Gasteiger partial charge in [0.05, 0.1) is 17.3 Å². The molecule has 2 rings (SSSR count). The van der Waals surface area contributed by atoms with Crippen LogP contribution in [-0.4, -0.2) is 38.8 Å². The normalized spacial score (nSPS) is 25.4. The second kappa shape index (κ2) is 4.49. The number of nitrogens with zero attached hydrogens (tertiary/aromatic N) is 3. The lowest BCUT2D eigenvalue weighted by Gasteiger charge is -2.14. The summed E-state index contributed by atoms with van der Waals surface area (Å²) in [4.78, 5) is 13.2. The Kier molecular flexibility index (Phi) is 3.19. The van der Waals surface area contributed by atoms with Gasteiger partial charge in [0.15, 0.2) is 0 Å². The van der Waals surface area contributed by atoms with E-state index in [1.165, 1.54) is 0 Å². The summed E-state index contributed by atoms with van der Waals surface area (Å²) in [6.45, 7) is 6.25. The molecule has 0 amide bonds. The van der Waals surface area contributed by atoms with Crippen molar-refractivity contribution in [1.29, 1.82) is 0 Å². The van der Waals surface area contributed by atoms with Crippen molar-refractivity contribution in [3.8, 4) is 0 Å². The summed E-state index contributed by atoms with van der Waals surface area (Å²) in [7, 11) is 1.93. The van der Waals surface area contributed by atoms with Gasteiger partial charge in [-0.25, -0.2) is 0 Å². The maximum atomic E-state index is 11.0. The number of hydrogen-bond donors (Lipinski definition) is 1. The molecule has 1 aliphatic heterocycles. The standard InChI is InChI=1S/C12H19N3O2/c1-8-5-15(7-11(8)12(16)17)6-10-4-9(2)13-14(10)3/h4,8,11H,5-7H2,1-3H3,(H,16,17). The van der Waals surface area contributed by atoms with Gasteiger partial charge in [-0.2, -0.15) is 5.10 Å². The Bertz CT molecular complexity index is 427. The molecular weight excluding hydrogens is 218 g/mol. The molecule has 17 heavy (non-hydrogen) atoms. The van der Waals surface area contributed by atoms with Gasteiger partial charge in [0.2, 0.25) is 0 Å². The molecule has 1 saturated heterocycles. The van der Waals surface area contributed by atoms with E-state index in [1.54, 1.807) is 0 Å². The van der Waals surface area contributed by atoms with Crippen LogP contribution in [0.4, 0.5) is 0 Å². The van der Waals surface area contributed by atoms with Gasteiger partial charge in [-0.05, 0) is 18.9 Å². The van der Waals surface area contributed by atoms with Crippen molar-refractivity contribution in [3.05, 3.63) is 17.5 Å². The largest absolute Gasteiger partial charge is 0.481 e. The van der Waals surface area contributed by atoms with E-state index in [4.69, 9.17) is 5.11 Å². The molecule has 1 aromatic rings. The summed E-state index contributed by atoms with van der Waals surface area (Å²) in [5, 5.41) is 13.4. The Morgan fingerprint density at radius 2 is 2.29 bits per heavy atom. The van der Waals surface area contributed by atoms with Crippen LogP contribution in [0.25, 0.3) is 0 Å². The Balaban J connectivity index is 2.02. The number of aliphatic carboxylic acids is 1. The Morgan fingerprint density at radius 1 is 1.59 bits per heavy atom. The van der Waals surface area contributed by atoms with Crippen LogP contribution in [0.5, 0.6) is 0 Å². The zero-order valence-electron chi connectivity index (χ0n) is 10.6. The minimum Gasteiger partial charge on any atom is -0.481 e. The molecule has 2 atom stereocenters. The number of carbonyl (C=O) groups is 1. The Hall–Kier alpha value is -1.36. The van der Waals surface area contributed by atoms with Crippen LogP contribution in [0, 0.1) is 18.8 Å². The molecule has 1 fully saturated rings. The maximum Gasteiger partial charge on any atom is 0.308 e. The van der Waals surface area contributed by atoms with Gasteiger partial charge in [0, 0.05) is 26.7 Å². The zero-order valence-corrected chi connectivity index (χ0v) is 10.6. The van der Waals surface area contributed by atoms with E-state index in [-0.39, 0.29) is 11.8 Å². The predicted molar refractivity (Wildman–Crippen MR) is 63.5 cm³/mol. The minimum absolute atomic E-state index is 0.224. The van der Waals surface area contributed by atoms with Crippen molar-refractivity contribution in [2.75, 3.05) is 13.1 Å². The number of rotatable bonds is 3. The van der Waals surface area contributed by atoms with Gasteiger partial charge in [-0.15, -0.1) is 0 Å². The van der Waals surface area contributed by atoms with Crippen LogP contribution >= 0.6 is 0 Å². The first-order chi connectivity index (χ1) is 7.97. The number of hydrogen-bond acceptors (Lipinski definition) is 3. The third-order valence-corrected chi connectivity index (χ3v) is 3.49. The highest BCUT2D eigenvalue weighted by Gasteiger charge is 2.34. The van der Waals surface area contributed by atoms with Crippen molar-refractivity contribution in [2.45, 2.75) is 20.4 Å². The lowest BCUT2D eigenvalue weighted by Crippen LogP contribution is -2.24. The van der Waals surface area contributed by atoms with Gasteiger partial charge in [-0.1, -0.05) is 6.92 Å². The highest BCUT2D eigenvalue weighted by molar-refractivity contribution is 5.71. The molecule has 1 N–H and O–H groups in total. The molecule has 0 spiro atoms. The van der Waals surface area contributed by atoms with Crippen LogP contribution in [0.3, 0.4) is 0 Å². The molecule has 2 heterocycles. The van der Waals surface area contributed by atoms with Gasteiger partial charge in [-0.3, -0.25) is 14.4 Å². The van der Waals surface area contributed by atoms with Crippen LogP contribution in [0.15, 0.2) is 6.07 Å². The molecule has 0 bridgehead atoms. The van der Waals surface area contributed by atoms with E-state index >= 15 is 0 Å². The summed E-state index contributed by atoms with van der Waals surface area (Å²) >= 11 is 0. The number of aromatic nitrogens is 2. The molecule has 1 aliphatic rings. The van der Waals surface area contributed by atoms with E-state index in [0.29, 0.717) is 6.54 Å². The summed E-state index contributed by atoms with van der Waals surface area (Å²) in [5.74, 6) is -0.688. The van der Waals surface area contributed by atoms with E-state index in [0.717, 1.165) is 24.5 Å². The minimum atomic E-state index is -0.679.